The molecule has 0 saturated carbocycles. The molecule has 3 aromatic rings. The minimum absolute atomic E-state index is 0.198. The van der Waals surface area contributed by atoms with E-state index in [1.165, 1.54) is 27.8 Å². The van der Waals surface area contributed by atoms with Crippen LogP contribution in [-0.4, -0.2) is 16.7 Å². The molecule has 0 atom stereocenters. The van der Waals surface area contributed by atoms with Gasteiger partial charge in [0.1, 0.15) is 0 Å². The van der Waals surface area contributed by atoms with Crippen LogP contribution in [-0.2, 0) is 12.8 Å². The van der Waals surface area contributed by atoms with Crippen molar-refractivity contribution in [1.82, 2.24) is 4.98 Å². The molecule has 3 heteroatoms. The molecule has 2 nitrogen and oxygen atoms in total. The normalized spacial score (nSPS) is 11.2. The van der Waals surface area contributed by atoms with Crippen molar-refractivity contribution in [1.29, 1.82) is 0 Å². The van der Waals surface area contributed by atoms with Crippen LogP contribution in [0.5, 0.6) is 0 Å². The summed E-state index contributed by atoms with van der Waals surface area (Å²) in [4.78, 5) is 5.05. The topological polar surface area (TPSA) is 33.1 Å². The second-order valence-corrected chi connectivity index (χ2v) is 8.05. The van der Waals surface area contributed by atoms with Gasteiger partial charge in [-0.05, 0) is 66.5 Å². The Balaban J connectivity index is 2.12. The third-order valence-corrected chi connectivity index (χ3v) is 5.40. The molecule has 0 aliphatic rings. The Morgan fingerprint density at radius 1 is 1.00 bits per heavy atom. The van der Waals surface area contributed by atoms with Crippen molar-refractivity contribution in [3.63, 3.8) is 0 Å². The second kappa shape index (κ2) is 9.36. The van der Waals surface area contributed by atoms with E-state index in [9.17, 15) is 5.11 Å². The SMILES string of the molecule is Cc1nc(-c2ccccc2C(C)C)c(Cc2ccc(Cl)cc2)cc1CCCO. The number of hydrogen-bond donors (Lipinski definition) is 1. The second-order valence-electron chi connectivity index (χ2n) is 7.61. The van der Waals surface area contributed by atoms with Gasteiger partial charge in [0.15, 0.2) is 0 Å². The summed E-state index contributed by atoms with van der Waals surface area (Å²) in [7, 11) is 0. The van der Waals surface area contributed by atoms with Crippen molar-refractivity contribution < 1.29 is 5.11 Å². The Morgan fingerprint density at radius 2 is 1.71 bits per heavy atom. The van der Waals surface area contributed by atoms with Crippen LogP contribution in [0.4, 0.5) is 0 Å². The first-order valence-corrected chi connectivity index (χ1v) is 10.3. The largest absolute Gasteiger partial charge is 0.396 e. The number of aromatic nitrogens is 1. The highest BCUT2D eigenvalue weighted by atomic mass is 35.5. The number of nitrogens with zero attached hydrogens (tertiary/aromatic N) is 1. The van der Waals surface area contributed by atoms with Gasteiger partial charge in [-0.2, -0.15) is 0 Å². The van der Waals surface area contributed by atoms with Crippen molar-refractivity contribution in [2.75, 3.05) is 6.61 Å². The van der Waals surface area contributed by atoms with E-state index in [1.807, 2.05) is 12.1 Å². The smallest absolute Gasteiger partial charge is 0.0743 e. The minimum Gasteiger partial charge on any atom is -0.396 e. The molecule has 1 aromatic heterocycles. The average molecular weight is 394 g/mol. The fraction of sp³-hybridized carbons (Fsp3) is 0.320. The summed E-state index contributed by atoms with van der Waals surface area (Å²) >= 11 is 6.06. The molecule has 0 amide bonds. The van der Waals surface area contributed by atoms with Crippen LogP contribution in [0.3, 0.4) is 0 Å². The van der Waals surface area contributed by atoms with E-state index in [1.54, 1.807) is 0 Å². The molecule has 1 N–H and O–H groups in total. The predicted molar refractivity (Wildman–Crippen MR) is 118 cm³/mol. The number of benzene rings is 2. The summed E-state index contributed by atoms with van der Waals surface area (Å²) in [5.41, 5.74) is 8.27. The van der Waals surface area contributed by atoms with Crippen molar-refractivity contribution in [3.8, 4) is 11.3 Å². The lowest BCUT2D eigenvalue weighted by Gasteiger charge is -2.18. The van der Waals surface area contributed by atoms with E-state index < -0.39 is 0 Å². The summed E-state index contributed by atoms with van der Waals surface area (Å²) in [5, 5.41) is 10.00. The molecule has 0 fully saturated rings. The maximum atomic E-state index is 9.25. The van der Waals surface area contributed by atoms with Gasteiger partial charge >= 0.3 is 0 Å². The van der Waals surface area contributed by atoms with Gasteiger partial charge in [0.05, 0.1) is 5.69 Å². The van der Waals surface area contributed by atoms with Gasteiger partial charge in [0.25, 0.3) is 0 Å². The van der Waals surface area contributed by atoms with Crippen LogP contribution >= 0.6 is 11.6 Å². The fourth-order valence-corrected chi connectivity index (χ4v) is 3.75. The molecule has 3 rings (SSSR count). The molecule has 0 radical (unpaired) electrons. The lowest BCUT2D eigenvalue weighted by molar-refractivity contribution is 0.288. The molecule has 2 aromatic carbocycles. The Kier molecular flexibility index (Phi) is 6.88. The molecule has 0 saturated heterocycles. The molecule has 0 spiro atoms. The predicted octanol–water partition coefficient (Wildman–Crippen LogP) is 6.35. The highest BCUT2D eigenvalue weighted by molar-refractivity contribution is 6.30. The van der Waals surface area contributed by atoms with Gasteiger partial charge in [-0.1, -0.05) is 67.9 Å². The van der Waals surface area contributed by atoms with E-state index in [-0.39, 0.29) is 6.61 Å². The Morgan fingerprint density at radius 3 is 2.39 bits per heavy atom. The number of rotatable bonds is 7. The van der Waals surface area contributed by atoms with Gasteiger partial charge in [-0.15, -0.1) is 0 Å². The molecule has 0 aliphatic heterocycles. The van der Waals surface area contributed by atoms with E-state index in [0.29, 0.717) is 5.92 Å². The number of aliphatic hydroxyl groups is 1. The standard InChI is InChI=1S/C25H28ClNO/c1-17(2)23-8-4-5-9-24(23)25-21(15-19-10-12-22(26)13-11-19)16-20(7-6-14-28)18(3)27-25/h4-5,8-13,16-17,28H,6-7,14-15H2,1-3H3. The molecule has 0 aliphatic carbocycles. The van der Waals surface area contributed by atoms with Crippen molar-refractivity contribution >= 4 is 11.6 Å². The molecule has 28 heavy (non-hydrogen) atoms. The molecule has 146 valence electrons. The van der Waals surface area contributed by atoms with Crippen molar-refractivity contribution in [2.45, 2.75) is 46.0 Å². The average Bonchev–Trinajstić information content (AvgIpc) is 2.69. The van der Waals surface area contributed by atoms with Crippen LogP contribution in [0.15, 0.2) is 54.6 Å². The minimum atomic E-state index is 0.198. The zero-order valence-electron chi connectivity index (χ0n) is 16.9. The molecule has 1 heterocycles. The van der Waals surface area contributed by atoms with E-state index in [2.05, 4.69) is 63.2 Å². The van der Waals surface area contributed by atoms with Gasteiger partial charge in [-0.25, -0.2) is 0 Å². The van der Waals surface area contributed by atoms with Gasteiger partial charge in [0.2, 0.25) is 0 Å². The van der Waals surface area contributed by atoms with E-state index in [4.69, 9.17) is 16.6 Å². The summed E-state index contributed by atoms with van der Waals surface area (Å²) in [5.74, 6) is 0.427. The summed E-state index contributed by atoms with van der Waals surface area (Å²) < 4.78 is 0. The number of pyridine rings is 1. The number of halogens is 1. The maximum absolute atomic E-state index is 9.25. The van der Waals surface area contributed by atoms with Crippen molar-refractivity contribution in [2.24, 2.45) is 0 Å². The van der Waals surface area contributed by atoms with Crippen LogP contribution < -0.4 is 0 Å². The quantitative estimate of drug-likeness (QED) is 0.507. The monoisotopic (exact) mass is 393 g/mol. The van der Waals surface area contributed by atoms with Gasteiger partial charge in [0, 0.05) is 22.9 Å². The third-order valence-electron chi connectivity index (χ3n) is 5.15. The Hall–Kier alpha value is -2.16. The number of hydrogen-bond acceptors (Lipinski definition) is 2. The molecular formula is C25H28ClNO. The zero-order valence-corrected chi connectivity index (χ0v) is 17.6. The van der Waals surface area contributed by atoms with Gasteiger partial charge < -0.3 is 5.11 Å². The molecule has 0 bridgehead atoms. The Bertz CT molecular complexity index is 932. The van der Waals surface area contributed by atoms with Crippen LogP contribution in [0.25, 0.3) is 11.3 Å². The summed E-state index contributed by atoms with van der Waals surface area (Å²) in [6.45, 7) is 6.71. The van der Waals surface area contributed by atoms with E-state index in [0.717, 1.165) is 35.7 Å². The lowest BCUT2D eigenvalue weighted by Crippen LogP contribution is -2.04. The number of aliphatic hydroxyl groups excluding tert-OH is 1. The van der Waals surface area contributed by atoms with Crippen LogP contribution in [0.2, 0.25) is 5.02 Å². The van der Waals surface area contributed by atoms with Gasteiger partial charge in [-0.3, -0.25) is 4.98 Å². The molecular weight excluding hydrogens is 366 g/mol. The van der Waals surface area contributed by atoms with Crippen LogP contribution in [0, 0.1) is 6.92 Å². The first-order valence-electron chi connectivity index (χ1n) is 9.93. The fourth-order valence-electron chi connectivity index (χ4n) is 3.62. The zero-order chi connectivity index (χ0) is 20.1. The lowest BCUT2D eigenvalue weighted by atomic mass is 9.90. The highest BCUT2D eigenvalue weighted by Crippen LogP contribution is 2.32. The summed E-state index contributed by atoms with van der Waals surface area (Å²) in [6, 6.07) is 18.9. The molecule has 0 unspecified atom stereocenters. The van der Waals surface area contributed by atoms with Crippen LogP contribution in [0.1, 0.15) is 54.1 Å². The first-order chi connectivity index (χ1) is 13.5. The Labute approximate surface area is 173 Å². The summed E-state index contributed by atoms with van der Waals surface area (Å²) in [6.07, 6.45) is 2.40. The van der Waals surface area contributed by atoms with Crippen molar-refractivity contribution in [3.05, 3.63) is 87.6 Å². The number of aryl methyl sites for hydroxylation is 2. The highest BCUT2D eigenvalue weighted by Gasteiger charge is 2.16. The maximum Gasteiger partial charge on any atom is 0.0743 e. The third kappa shape index (κ3) is 4.81. The van der Waals surface area contributed by atoms with E-state index >= 15 is 0 Å². The first kappa shape index (κ1) is 20.6.